The number of aromatic nitrogens is 1. The molecule has 0 spiro atoms. The average molecular weight is 370 g/mol. The van der Waals surface area contributed by atoms with E-state index in [0.29, 0.717) is 12.1 Å². The maximum Gasteiger partial charge on any atom is 0.253 e. The van der Waals surface area contributed by atoms with E-state index in [1.807, 2.05) is 24.3 Å². The topological polar surface area (TPSA) is 45.2 Å². The van der Waals surface area contributed by atoms with Crippen molar-refractivity contribution < 1.29 is 4.79 Å². The molecule has 2 aromatic rings. The van der Waals surface area contributed by atoms with Crippen LogP contribution in [-0.2, 0) is 6.54 Å². The largest absolute Gasteiger partial charge is 0.348 e. The highest BCUT2D eigenvalue weighted by Gasteiger charge is 2.10. The van der Waals surface area contributed by atoms with E-state index in [1.165, 1.54) is 37.9 Å². The molecule has 1 fully saturated rings. The lowest BCUT2D eigenvalue weighted by Gasteiger charge is -2.25. The number of carbonyl (C=O) groups excluding carboxylic acids is 1. The van der Waals surface area contributed by atoms with E-state index in [4.69, 9.17) is 0 Å². The lowest BCUT2D eigenvalue weighted by Crippen LogP contribution is -2.31. The number of benzene rings is 1. The van der Waals surface area contributed by atoms with Gasteiger partial charge < -0.3 is 10.2 Å². The van der Waals surface area contributed by atoms with Crippen molar-refractivity contribution in [3.8, 4) is 0 Å². The average Bonchev–Trinajstić information content (AvgIpc) is 2.68. The van der Waals surface area contributed by atoms with Crippen molar-refractivity contribution in [2.24, 2.45) is 0 Å². The zero-order chi connectivity index (χ0) is 18.2. The molecule has 1 aromatic carbocycles. The van der Waals surface area contributed by atoms with E-state index in [2.05, 4.69) is 34.3 Å². The molecule has 138 valence electrons. The highest BCUT2D eigenvalue weighted by Crippen LogP contribution is 2.17. The van der Waals surface area contributed by atoms with Gasteiger partial charge in [-0.1, -0.05) is 36.2 Å². The number of thioether (sulfide) groups is 1. The zero-order valence-electron chi connectivity index (χ0n) is 15.4. The van der Waals surface area contributed by atoms with Crippen molar-refractivity contribution in [1.82, 2.24) is 15.2 Å². The minimum Gasteiger partial charge on any atom is -0.348 e. The number of carbonyl (C=O) groups is 1. The fraction of sp³-hybridized carbons (Fsp3) is 0.429. The first-order valence-electron chi connectivity index (χ1n) is 9.36. The first-order chi connectivity index (χ1) is 12.7. The smallest absolute Gasteiger partial charge is 0.253 e. The van der Waals surface area contributed by atoms with Gasteiger partial charge in [-0.15, -0.1) is 11.8 Å². The minimum absolute atomic E-state index is 0.0797. The summed E-state index contributed by atoms with van der Waals surface area (Å²) >= 11 is 1.76. The molecule has 5 heteroatoms. The van der Waals surface area contributed by atoms with Crippen LogP contribution in [-0.4, -0.2) is 41.2 Å². The molecule has 0 unspecified atom stereocenters. The Morgan fingerprint density at radius 1 is 1.19 bits per heavy atom. The van der Waals surface area contributed by atoms with E-state index in [9.17, 15) is 4.79 Å². The molecule has 1 aliphatic rings. The maximum atomic E-state index is 12.3. The quantitative estimate of drug-likeness (QED) is 0.752. The first kappa shape index (κ1) is 18.9. The molecule has 0 radical (unpaired) electrons. The molecular formula is C21H27N3OS. The Morgan fingerprint density at radius 2 is 2.04 bits per heavy atom. The van der Waals surface area contributed by atoms with E-state index >= 15 is 0 Å². The Morgan fingerprint density at radius 3 is 2.77 bits per heavy atom. The van der Waals surface area contributed by atoms with Crippen LogP contribution < -0.4 is 5.32 Å². The van der Waals surface area contributed by atoms with Gasteiger partial charge in [-0.2, -0.15) is 0 Å². The Balaban J connectivity index is 1.43. The van der Waals surface area contributed by atoms with Gasteiger partial charge >= 0.3 is 0 Å². The Labute approximate surface area is 160 Å². The molecule has 0 saturated carbocycles. The van der Waals surface area contributed by atoms with Gasteiger partial charge in [0.25, 0.3) is 5.91 Å². The molecule has 1 N–H and O–H groups in total. The van der Waals surface area contributed by atoms with Gasteiger partial charge in [0, 0.05) is 25.0 Å². The molecule has 1 saturated heterocycles. The summed E-state index contributed by atoms with van der Waals surface area (Å²) in [5.74, 6) is 0.968. The molecule has 26 heavy (non-hydrogen) atoms. The second kappa shape index (κ2) is 9.74. The van der Waals surface area contributed by atoms with Crippen LogP contribution in [0, 0.1) is 6.92 Å². The summed E-state index contributed by atoms with van der Waals surface area (Å²) in [4.78, 5) is 19.2. The molecule has 4 nitrogen and oxygen atoms in total. The predicted molar refractivity (Wildman–Crippen MR) is 108 cm³/mol. The number of nitrogens with one attached hydrogen (secondary N) is 1. The van der Waals surface area contributed by atoms with Crippen molar-refractivity contribution in [2.75, 3.05) is 25.4 Å². The summed E-state index contributed by atoms with van der Waals surface area (Å²) < 4.78 is 0. The third-order valence-electron chi connectivity index (χ3n) is 4.64. The number of hydrogen-bond acceptors (Lipinski definition) is 4. The summed E-state index contributed by atoms with van der Waals surface area (Å²) in [5, 5.41) is 3.94. The van der Waals surface area contributed by atoms with E-state index in [0.717, 1.165) is 22.9 Å². The molecular weight excluding hydrogens is 342 g/mol. The Hall–Kier alpha value is -1.85. The molecule has 0 bridgehead atoms. The van der Waals surface area contributed by atoms with E-state index in [1.54, 1.807) is 18.0 Å². The first-order valence-corrected chi connectivity index (χ1v) is 10.3. The number of pyridine rings is 1. The highest BCUT2D eigenvalue weighted by molar-refractivity contribution is 7.99. The number of piperidine rings is 1. The van der Waals surface area contributed by atoms with Crippen LogP contribution >= 0.6 is 11.8 Å². The van der Waals surface area contributed by atoms with Crippen LogP contribution in [0.1, 0.15) is 40.7 Å². The SMILES string of the molecule is Cc1cccc(CNC(=O)c2ccc(SCCN3CCCCC3)nc2)c1. The highest BCUT2D eigenvalue weighted by atomic mass is 32.2. The number of amides is 1. The lowest BCUT2D eigenvalue weighted by molar-refractivity contribution is 0.0950. The summed E-state index contributed by atoms with van der Waals surface area (Å²) in [6, 6.07) is 12.0. The van der Waals surface area contributed by atoms with Gasteiger partial charge in [0.05, 0.1) is 10.6 Å². The van der Waals surface area contributed by atoms with Crippen molar-refractivity contribution in [2.45, 2.75) is 37.8 Å². The predicted octanol–water partition coefficient (Wildman–Crippen LogP) is 3.90. The molecule has 3 rings (SSSR count). The summed E-state index contributed by atoms with van der Waals surface area (Å²) in [7, 11) is 0. The summed E-state index contributed by atoms with van der Waals surface area (Å²) in [6.45, 7) is 6.16. The van der Waals surface area contributed by atoms with E-state index in [-0.39, 0.29) is 5.91 Å². The monoisotopic (exact) mass is 369 g/mol. The summed E-state index contributed by atoms with van der Waals surface area (Å²) in [6.07, 6.45) is 5.71. The van der Waals surface area contributed by atoms with E-state index < -0.39 is 0 Å². The van der Waals surface area contributed by atoms with Gasteiger partial charge in [-0.25, -0.2) is 4.98 Å². The van der Waals surface area contributed by atoms with Crippen LogP contribution in [0.15, 0.2) is 47.6 Å². The van der Waals surface area contributed by atoms with Crippen molar-refractivity contribution in [3.05, 3.63) is 59.3 Å². The number of nitrogens with zero attached hydrogens (tertiary/aromatic N) is 2. The normalized spacial score (nSPS) is 15.0. The van der Waals surface area contributed by atoms with Crippen LogP contribution in [0.2, 0.25) is 0 Å². The van der Waals surface area contributed by atoms with Crippen LogP contribution in [0.25, 0.3) is 0 Å². The van der Waals surface area contributed by atoms with Crippen molar-refractivity contribution in [1.29, 1.82) is 0 Å². The Bertz CT molecular complexity index is 711. The zero-order valence-corrected chi connectivity index (χ0v) is 16.2. The van der Waals surface area contributed by atoms with Crippen LogP contribution in [0.3, 0.4) is 0 Å². The molecule has 1 aromatic heterocycles. The standard InChI is InChI=1S/C21H27N3OS/c1-17-6-5-7-18(14-17)15-23-21(25)19-8-9-20(22-16-19)26-13-12-24-10-3-2-4-11-24/h5-9,14,16H,2-4,10-13,15H2,1H3,(H,23,25). The number of aryl methyl sites for hydroxylation is 1. The van der Waals surface area contributed by atoms with Gasteiger partial charge in [-0.3, -0.25) is 4.79 Å². The van der Waals surface area contributed by atoms with Gasteiger partial charge in [0.1, 0.15) is 0 Å². The molecule has 1 aliphatic heterocycles. The Kier molecular flexibility index (Phi) is 7.09. The van der Waals surface area contributed by atoms with Gasteiger partial charge in [-0.05, 0) is 50.6 Å². The number of hydrogen-bond donors (Lipinski definition) is 1. The van der Waals surface area contributed by atoms with Crippen LogP contribution in [0.4, 0.5) is 0 Å². The third kappa shape index (κ3) is 5.85. The molecule has 2 heterocycles. The fourth-order valence-electron chi connectivity index (χ4n) is 3.17. The van der Waals surface area contributed by atoms with Crippen molar-refractivity contribution >= 4 is 17.7 Å². The second-order valence-electron chi connectivity index (χ2n) is 6.81. The van der Waals surface area contributed by atoms with Crippen molar-refractivity contribution in [3.63, 3.8) is 0 Å². The molecule has 1 amide bonds. The number of likely N-dealkylation sites (tertiary alicyclic amines) is 1. The second-order valence-corrected chi connectivity index (χ2v) is 7.92. The van der Waals surface area contributed by atoms with Gasteiger partial charge in [0.15, 0.2) is 0 Å². The minimum atomic E-state index is -0.0797. The lowest BCUT2D eigenvalue weighted by atomic mass is 10.1. The maximum absolute atomic E-state index is 12.3. The van der Waals surface area contributed by atoms with Gasteiger partial charge in [0.2, 0.25) is 0 Å². The molecule has 0 aliphatic carbocycles. The molecule has 0 atom stereocenters. The number of rotatable bonds is 7. The summed E-state index contributed by atoms with van der Waals surface area (Å²) in [5.41, 5.74) is 2.92. The van der Waals surface area contributed by atoms with Crippen LogP contribution in [0.5, 0.6) is 0 Å². The third-order valence-corrected chi connectivity index (χ3v) is 5.56. The fourth-order valence-corrected chi connectivity index (χ4v) is 4.02.